The van der Waals surface area contributed by atoms with Gasteiger partial charge in [-0.05, 0) is 25.0 Å². The number of ether oxygens (including phenoxy) is 1. The van der Waals surface area contributed by atoms with E-state index < -0.39 is 10.8 Å². The monoisotopic (exact) mass is 358 g/mol. The fourth-order valence-corrected chi connectivity index (χ4v) is 3.54. The van der Waals surface area contributed by atoms with E-state index in [0.29, 0.717) is 4.88 Å². The van der Waals surface area contributed by atoms with E-state index in [1.807, 2.05) is 18.2 Å². The Morgan fingerprint density at radius 2 is 2.20 bits per heavy atom. The highest BCUT2D eigenvalue weighted by atomic mass is 32.1. The van der Waals surface area contributed by atoms with Crippen LogP contribution in [0.4, 0.5) is 5.69 Å². The lowest BCUT2D eigenvalue weighted by molar-refractivity contribution is -0.143. The second kappa shape index (κ2) is 7.06. The van der Waals surface area contributed by atoms with Crippen molar-refractivity contribution in [3.63, 3.8) is 0 Å². The van der Waals surface area contributed by atoms with Gasteiger partial charge < -0.3 is 9.84 Å². The molecule has 1 N–H and O–H groups in total. The molecule has 1 aromatic carbocycles. The second-order valence-corrected chi connectivity index (χ2v) is 6.46. The third kappa shape index (κ3) is 3.28. The van der Waals surface area contributed by atoms with Crippen LogP contribution in [0.25, 0.3) is 11.6 Å². The van der Waals surface area contributed by atoms with Crippen molar-refractivity contribution in [2.45, 2.75) is 26.8 Å². The van der Waals surface area contributed by atoms with E-state index in [1.54, 1.807) is 19.2 Å². The summed E-state index contributed by atoms with van der Waals surface area (Å²) in [6.45, 7) is 3.68. The average Bonchev–Trinajstić information content (AvgIpc) is 3.12. The molecule has 0 unspecified atom stereocenters. The number of carbonyl (C=O) groups excluding carboxylic acids is 1. The molecule has 0 bridgehead atoms. The first-order chi connectivity index (χ1) is 12.0. The number of aliphatic imine (C=N–C) groups is 1. The highest BCUT2D eigenvalue weighted by Gasteiger charge is 2.19. The Hall–Kier alpha value is -2.67. The number of aryl methyl sites for hydroxylation is 1. The lowest BCUT2D eigenvalue weighted by atomic mass is 10.0. The van der Waals surface area contributed by atoms with E-state index in [1.165, 1.54) is 0 Å². The van der Waals surface area contributed by atoms with Gasteiger partial charge in [-0.3, -0.25) is 19.1 Å². The zero-order chi connectivity index (χ0) is 18.0. The molecule has 0 atom stereocenters. The molecule has 0 saturated heterocycles. The molecule has 3 rings (SSSR count). The summed E-state index contributed by atoms with van der Waals surface area (Å²) < 4.78 is 5.85. The van der Waals surface area contributed by atoms with Crippen LogP contribution in [0.5, 0.6) is 5.88 Å². The molecule has 2 aromatic rings. The van der Waals surface area contributed by atoms with Crippen molar-refractivity contribution < 1.29 is 14.6 Å². The number of aromatic hydroxyl groups is 1. The van der Waals surface area contributed by atoms with Crippen molar-refractivity contribution in [2.24, 2.45) is 4.99 Å². The Kier molecular flexibility index (Phi) is 4.85. The van der Waals surface area contributed by atoms with Crippen LogP contribution < -0.4 is 4.87 Å². The fourth-order valence-electron chi connectivity index (χ4n) is 2.71. The maximum Gasteiger partial charge on any atom is 0.326 e. The van der Waals surface area contributed by atoms with Gasteiger partial charge in [0.15, 0.2) is 0 Å². The number of para-hydroxylation sites is 1. The minimum Gasteiger partial charge on any atom is -0.493 e. The first kappa shape index (κ1) is 17.2. The molecule has 0 fully saturated rings. The Morgan fingerprint density at radius 1 is 1.40 bits per heavy atom. The molecular formula is C18H18N2O4S. The van der Waals surface area contributed by atoms with E-state index in [4.69, 9.17) is 4.74 Å². The van der Waals surface area contributed by atoms with Crippen LogP contribution in [0.1, 0.15) is 29.9 Å². The van der Waals surface area contributed by atoms with E-state index in [-0.39, 0.29) is 19.0 Å². The summed E-state index contributed by atoms with van der Waals surface area (Å²) in [7, 11) is 0. The van der Waals surface area contributed by atoms with Gasteiger partial charge in [0, 0.05) is 17.4 Å². The molecule has 0 aliphatic carbocycles. The topological polar surface area (TPSA) is 80.9 Å². The molecule has 0 saturated carbocycles. The number of hydrogen-bond donors (Lipinski definition) is 1. The molecule has 130 valence electrons. The lowest BCUT2D eigenvalue weighted by Crippen LogP contribution is -2.20. The number of esters is 1. The average molecular weight is 358 g/mol. The van der Waals surface area contributed by atoms with Gasteiger partial charge in [-0.1, -0.05) is 36.5 Å². The minimum absolute atomic E-state index is 0.225. The highest BCUT2D eigenvalue weighted by Crippen LogP contribution is 2.37. The van der Waals surface area contributed by atoms with Crippen molar-refractivity contribution in [1.82, 2.24) is 4.57 Å². The number of benzene rings is 1. The summed E-state index contributed by atoms with van der Waals surface area (Å²) in [5, 5.41) is 10.3. The number of nitrogens with zero attached hydrogens (tertiary/aromatic N) is 2. The van der Waals surface area contributed by atoms with Crippen molar-refractivity contribution in [2.75, 3.05) is 6.61 Å². The summed E-state index contributed by atoms with van der Waals surface area (Å²) in [5.74, 6) is -0.790. The summed E-state index contributed by atoms with van der Waals surface area (Å²) in [5.41, 5.74) is 3.87. The van der Waals surface area contributed by atoms with Gasteiger partial charge in [-0.15, -0.1) is 0 Å². The highest BCUT2D eigenvalue weighted by molar-refractivity contribution is 7.10. The Bertz CT molecular complexity index is 937. The van der Waals surface area contributed by atoms with Gasteiger partial charge in [-0.2, -0.15) is 0 Å². The maximum absolute atomic E-state index is 12.1. The Balaban J connectivity index is 1.96. The maximum atomic E-state index is 12.1. The number of allylic oxidation sites excluding steroid dienone is 1. The molecule has 1 aliphatic heterocycles. The summed E-state index contributed by atoms with van der Waals surface area (Å²) >= 11 is 0.884. The van der Waals surface area contributed by atoms with Crippen LogP contribution in [-0.2, 0) is 22.5 Å². The number of rotatable bonds is 5. The van der Waals surface area contributed by atoms with Crippen molar-refractivity contribution >= 4 is 40.9 Å². The number of thiazole rings is 1. The summed E-state index contributed by atoms with van der Waals surface area (Å²) in [4.78, 5) is 28.1. The smallest absolute Gasteiger partial charge is 0.326 e. The zero-order valence-corrected chi connectivity index (χ0v) is 14.8. The molecule has 0 radical (unpaired) electrons. The molecule has 1 aromatic heterocycles. The van der Waals surface area contributed by atoms with Gasteiger partial charge in [0.1, 0.15) is 6.54 Å². The first-order valence-corrected chi connectivity index (χ1v) is 8.83. The number of aromatic nitrogens is 1. The Labute approximate surface area is 148 Å². The van der Waals surface area contributed by atoms with Crippen molar-refractivity contribution in [3.05, 3.63) is 43.9 Å². The standard InChI is InChI=1S/C18H18N2O4S/c1-3-11-6-5-7-13-12(9-19-16(11)13)8-14-17(22)20(18(23)25-14)10-15(21)24-4-2/h5-9,22H,3-4,10H2,1-2H3/b12-8+. The van der Waals surface area contributed by atoms with Crippen molar-refractivity contribution in [3.8, 4) is 5.88 Å². The van der Waals surface area contributed by atoms with Gasteiger partial charge in [0.05, 0.1) is 17.2 Å². The normalized spacial score (nSPS) is 14.1. The number of fused-ring (bicyclic) bond motifs is 1. The Morgan fingerprint density at radius 3 is 2.92 bits per heavy atom. The molecule has 0 amide bonds. The van der Waals surface area contributed by atoms with Crippen LogP contribution in [-0.4, -0.2) is 28.5 Å². The van der Waals surface area contributed by atoms with E-state index in [2.05, 4.69) is 11.9 Å². The first-order valence-electron chi connectivity index (χ1n) is 8.01. The van der Waals surface area contributed by atoms with Crippen LogP contribution in [0.3, 0.4) is 0 Å². The quantitative estimate of drug-likeness (QED) is 0.833. The predicted molar refractivity (Wildman–Crippen MR) is 98.7 cm³/mol. The third-order valence-electron chi connectivity index (χ3n) is 3.92. The largest absolute Gasteiger partial charge is 0.493 e. The molecular weight excluding hydrogens is 340 g/mol. The van der Waals surface area contributed by atoms with Crippen molar-refractivity contribution in [1.29, 1.82) is 0 Å². The molecule has 6 nitrogen and oxygen atoms in total. The van der Waals surface area contributed by atoms with Crippen LogP contribution >= 0.6 is 11.3 Å². The molecule has 2 heterocycles. The van der Waals surface area contributed by atoms with E-state index in [9.17, 15) is 14.7 Å². The molecule has 1 aliphatic rings. The second-order valence-electron chi connectivity index (χ2n) is 5.47. The van der Waals surface area contributed by atoms with Crippen LogP contribution in [0, 0.1) is 0 Å². The third-order valence-corrected chi connectivity index (χ3v) is 4.83. The zero-order valence-electron chi connectivity index (χ0n) is 14.0. The molecule has 7 heteroatoms. The van der Waals surface area contributed by atoms with Gasteiger partial charge in [0.2, 0.25) is 5.88 Å². The summed E-state index contributed by atoms with van der Waals surface area (Å²) in [6, 6.07) is 5.96. The molecule has 0 spiro atoms. The molecule has 25 heavy (non-hydrogen) atoms. The SMILES string of the molecule is CCOC(=O)Cn1c(O)c(/C=C2\C=Nc3c(CC)cccc32)sc1=O. The van der Waals surface area contributed by atoms with Gasteiger partial charge in [-0.25, -0.2) is 0 Å². The number of carbonyl (C=O) groups is 1. The van der Waals surface area contributed by atoms with Gasteiger partial charge >= 0.3 is 10.8 Å². The van der Waals surface area contributed by atoms with Gasteiger partial charge in [0.25, 0.3) is 0 Å². The van der Waals surface area contributed by atoms with E-state index in [0.717, 1.165) is 44.7 Å². The predicted octanol–water partition coefficient (Wildman–Crippen LogP) is 3.00. The van der Waals surface area contributed by atoms with E-state index >= 15 is 0 Å². The lowest BCUT2D eigenvalue weighted by Gasteiger charge is -2.05. The fraction of sp³-hybridized carbons (Fsp3) is 0.278. The van der Waals surface area contributed by atoms with Crippen LogP contribution in [0.2, 0.25) is 0 Å². The number of hydrogen-bond acceptors (Lipinski definition) is 6. The summed E-state index contributed by atoms with van der Waals surface area (Å²) in [6.07, 6.45) is 4.32. The van der Waals surface area contributed by atoms with Crippen LogP contribution in [0.15, 0.2) is 28.0 Å². The minimum atomic E-state index is -0.558.